The van der Waals surface area contributed by atoms with Gasteiger partial charge in [0.1, 0.15) is 5.82 Å². The number of rotatable bonds is 3. The Bertz CT molecular complexity index is 405. The molecule has 1 unspecified atom stereocenters. The van der Waals surface area contributed by atoms with Crippen molar-refractivity contribution in [1.82, 2.24) is 0 Å². The SMILES string of the molecule is O=C(O)c1ccc(NC2CCSC2)c(F)c1. The fourth-order valence-corrected chi connectivity index (χ4v) is 2.79. The highest BCUT2D eigenvalue weighted by Gasteiger charge is 2.17. The first-order valence-corrected chi connectivity index (χ1v) is 6.19. The zero-order chi connectivity index (χ0) is 11.5. The lowest BCUT2D eigenvalue weighted by molar-refractivity contribution is 0.0696. The highest BCUT2D eigenvalue weighted by Crippen LogP contribution is 2.23. The lowest BCUT2D eigenvalue weighted by atomic mass is 10.1. The molecule has 3 nitrogen and oxygen atoms in total. The molecule has 0 amide bonds. The Balaban J connectivity index is 2.12. The first kappa shape index (κ1) is 11.3. The molecule has 2 N–H and O–H groups in total. The van der Waals surface area contributed by atoms with E-state index in [0.29, 0.717) is 5.69 Å². The quantitative estimate of drug-likeness (QED) is 0.853. The van der Waals surface area contributed by atoms with Crippen LogP contribution in [0, 0.1) is 5.82 Å². The summed E-state index contributed by atoms with van der Waals surface area (Å²) in [6, 6.07) is 4.24. The number of carboxylic acid groups (broad SMARTS) is 1. The number of halogens is 1. The second-order valence-corrected chi connectivity index (χ2v) is 4.85. The molecule has 0 radical (unpaired) electrons. The van der Waals surface area contributed by atoms with Crippen molar-refractivity contribution in [2.45, 2.75) is 12.5 Å². The second kappa shape index (κ2) is 4.74. The van der Waals surface area contributed by atoms with E-state index in [9.17, 15) is 9.18 Å². The van der Waals surface area contributed by atoms with Gasteiger partial charge in [-0.2, -0.15) is 11.8 Å². The Morgan fingerprint density at radius 3 is 2.94 bits per heavy atom. The standard InChI is InChI=1S/C11H12FNO2S/c12-9-5-7(11(14)15)1-2-10(9)13-8-3-4-16-6-8/h1-2,5,8,13H,3-4,6H2,(H,14,15). The monoisotopic (exact) mass is 241 g/mol. The first-order chi connectivity index (χ1) is 7.66. The van der Waals surface area contributed by atoms with Gasteiger partial charge in [-0.1, -0.05) is 0 Å². The van der Waals surface area contributed by atoms with Gasteiger partial charge in [0.15, 0.2) is 0 Å². The largest absolute Gasteiger partial charge is 0.478 e. The van der Waals surface area contributed by atoms with E-state index in [0.717, 1.165) is 24.0 Å². The van der Waals surface area contributed by atoms with Crippen molar-refractivity contribution >= 4 is 23.4 Å². The van der Waals surface area contributed by atoms with Gasteiger partial charge >= 0.3 is 5.97 Å². The van der Waals surface area contributed by atoms with E-state index >= 15 is 0 Å². The van der Waals surface area contributed by atoms with E-state index in [4.69, 9.17) is 5.11 Å². The van der Waals surface area contributed by atoms with Gasteiger partial charge in [0.05, 0.1) is 11.3 Å². The van der Waals surface area contributed by atoms with Crippen molar-refractivity contribution in [3.05, 3.63) is 29.6 Å². The van der Waals surface area contributed by atoms with Gasteiger partial charge in [-0.15, -0.1) is 0 Å². The lowest BCUT2D eigenvalue weighted by Gasteiger charge is -2.13. The van der Waals surface area contributed by atoms with E-state index in [1.807, 2.05) is 11.8 Å². The van der Waals surface area contributed by atoms with Gasteiger partial charge in [-0.25, -0.2) is 9.18 Å². The molecule has 86 valence electrons. The van der Waals surface area contributed by atoms with Crippen LogP contribution in [-0.4, -0.2) is 28.6 Å². The smallest absolute Gasteiger partial charge is 0.335 e. The Labute approximate surface area is 97.0 Å². The number of thioether (sulfide) groups is 1. The van der Waals surface area contributed by atoms with Crippen molar-refractivity contribution in [2.75, 3.05) is 16.8 Å². The van der Waals surface area contributed by atoms with Gasteiger partial charge < -0.3 is 10.4 Å². The summed E-state index contributed by atoms with van der Waals surface area (Å²) >= 11 is 1.84. The van der Waals surface area contributed by atoms with E-state index in [1.165, 1.54) is 12.1 Å². The fourth-order valence-electron chi connectivity index (χ4n) is 1.63. The van der Waals surface area contributed by atoms with Gasteiger partial charge in [-0.3, -0.25) is 0 Å². The number of nitrogens with one attached hydrogen (secondary N) is 1. The molecule has 1 aliphatic heterocycles. The van der Waals surface area contributed by atoms with Gasteiger partial charge in [0, 0.05) is 11.8 Å². The van der Waals surface area contributed by atoms with Gasteiger partial charge in [-0.05, 0) is 30.4 Å². The summed E-state index contributed by atoms with van der Waals surface area (Å²) in [7, 11) is 0. The number of hydrogen-bond acceptors (Lipinski definition) is 3. The third kappa shape index (κ3) is 2.47. The normalized spacial score (nSPS) is 19.7. The number of anilines is 1. The third-order valence-electron chi connectivity index (χ3n) is 2.51. The number of benzene rings is 1. The predicted octanol–water partition coefficient (Wildman–Crippen LogP) is 2.44. The molecule has 1 aliphatic rings. The fraction of sp³-hybridized carbons (Fsp3) is 0.364. The second-order valence-electron chi connectivity index (χ2n) is 3.70. The molecule has 0 bridgehead atoms. The molecule has 1 fully saturated rings. The summed E-state index contributed by atoms with van der Waals surface area (Å²) in [4.78, 5) is 10.6. The van der Waals surface area contributed by atoms with E-state index in [1.54, 1.807) is 0 Å². The Morgan fingerprint density at radius 1 is 1.56 bits per heavy atom. The topological polar surface area (TPSA) is 49.3 Å². The molecule has 2 rings (SSSR count). The molecule has 0 saturated carbocycles. The zero-order valence-corrected chi connectivity index (χ0v) is 9.39. The minimum atomic E-state index is -1.11. The Morgan fingerprint density at radius 2 is 2.38 bits per heavy atom. The van der Waals surface area contributed by atoms with Crippen LogP contribution in [0.5, 0.6) is 0 Å². The molecule has 16 heavy (non-hydrogen) atoms. The Hall–Kier alpha value is -1.23. The number of hydrogen-bond donors (Lipinski definition) is 2. The summed E-state index contributed by atoms with van der Waals surface area (Å²) in [6.45, 7) is 0. The summed E-state index contributed by atoms with van der Waals surface area (Å²) < 4.78 is 13.5. The molecule has 5 heteroatoms. The Kier molecular flexibility index (Phi) is 3.33. The predicted molar refractivity (Wildman–Crippen MR) is 62.7 cm³/mol. The summed E-state index contributed by atoms with van der Waals surface area (Å²) in [5.74, 6) is 0.450. The molecule has 0 aromatic heterocycles. The zero-order valence-electron chi connectivity index (χ0n) is 8.57. The maximum Gasteiger partial charge on any atom is 0.335 e. The molecule has 1 heterocycles. The highest BCUT2D eigenvalue weighted by molar-refractivity contribution is 7.99. The summed E-state index contributed by atoms with van der Waals surface area (Å²) in [6.07, 6.45) is 1.02. The number of carbonyl (C=O) groups is 1. The average molecular weight is 241 g/mol. The van der Waals surface area contributed by atoms with E-state index < -0.39 is 11.8 Å². The van der Waals surface area contributed by atoms with Crippen molar-refractivity contribution in [2.24, 2.45) is 0 Å². The van der Waals surface area contributed by atoms with Crippen LogP contribution in [0.2, 0.25) is 0 Å². The van der Waals surface area contributed by atoms with E-state index in [2.05, 4.69) is 5.32 Å². The van der Waals surface area contributed by atoms with E-state index in [-0.39, 0.29) is 11.6 Å². The van der Waals surface area contributed by atoms with Crippen LogP contribution in [0.15, 0.2) is 18.2 Å². The third-order valence-corrected chi connectivity index (χ3v) is 3.67. The molecule has 0 aliphatic carbocycles. The maximum atomic E-state index is 13.5. The van der Waals surface area contributed by atoms with Crippen LogP contribution in [0.1, 0.15) is 16.8 Å². The van der Waals surface area contributed by atoms with Gasteiger partial charge in [0.25, 0.3) is 0 Å². The van der Waals surface area contributed by atoms with Crippen LogP contribution in [0.25, 0.3) is 0 Å². The minimum Gasteiger partial charge on any atom is -0.478 e. The maximum absolute atomic E-state index is 13.5. The van der Waals surface area contributed by atoms with Crippen LogP contribution in [-0.2, 0) is 0 Å². The number of aromatic carboxylic acids is 1. The van der Waals surface area contributed by atoms with Gasteiger partial charge in [0.2, 0.25) is 0 Å². The van der Waals surface area contributed by atoms with Crippen LogP contribution in [0.4, 0.5) is 10.1 Å². The molecule has 1 saturated heterocycles. The van der Waals surface area contributed by atoms with Crippen LogP contribution >= 0.6 is 11.8 Å². The summed E-state index contributed by atoms with van der Waals surface area (Å²) in [5, 5.41) is 11.8. The van der Waals surface area contributed by atoms with Crippen molar-refractivity contribution < 1.29 is 14.3 Å². The van der Waals surface area contributed by atoms with Crippen LogP contribution < -0.4 is 5.32 Å². The molecule has 1 aromatic rings. The first-order valence-electron chi connectivity index (χ1n) is 5.04. The van der Waals surface area contributed by atoms with Crippen molar-refractivity contribution in [1.29, 1.82) is 0 Å². The molecular weight excluding hydrogens is 229 g/mol. The number of carboxylic acids is 1. The molecule has 0 spiro atoms. The molecule has 1 atom stereocenters. The lowest BCUT2D eigenvalue weighted by Crippen LogP contribution is -2.19. The molecular formula is C11H12FNO2S. The average Bonchev–Trinajstić information content (AvgIpc) is 2.73. The van der Waals surface area contributed by atoms with Crippen molar-refractivity contribution in [3.63, 3.8) is 0 Å². The highest BCUT2D eigenvalue weighted by atomic mass is 32.2. The molecule has 1 aromatic carbocycles. The minimum absolute atomic E-state index is 0.0242. The van der Waals surface area contributed by atoms with Crippen molar-refractivity contribution in [3.8, 4) is 0 Å². The summed E-state index contributed by atoms with van der Waals surface area (Å²) in [5.41, 5.74) is 0.362. The van der Waals surface area contributed by atoms with Crippen LogP contribution in [0.3, 0.4) is 0 Å².